The van der Waals surface area contributed by atoms with Gasteiger partial charge in [-0.25, -0.2) is 0 Å². The van der Waals surface area contributed by atoms with Gasteiger partial charge >= 0.3 is 0 Å². The summed E-state index contributed by atoms with van der Waals surface area (Å²) in [6, 6.07) is 7.63. The number of carbonyl (C=O) groups excluding carboxylic acids is 3. The molecule has 0 aliphatic carbocycles. The van der Waals surface area contributed by atoms with Crippen molar-refractivity contribution in [3.63, 3.8) is 0 Å². The summed E-state index contributed by atoms with van der Waals surface area (Å²) in [5.41, 5.74) is 0.985. The first-order valence-electron chi connectivity index (χ1n) is 6.51. The van der Waals surface area contributed by atoms with Gasteiger partial charge in [-0.3, -0.25) is 19.7 Å². The zero-order chi connectivity index (χ0) is 14.9. The van der Waals surface area contributed by atoms with Crippen LogP contribution in [0.3, 0.4) is 0 Å². The number of hydrogen-bond donors (Lipinski definition) is 1. The summed E-state index contributed by atoms with van der Waals surface area (Å²) < 4.78 is 0. The maximum Gasteiger partial charge on any atom is 0.252 e. The highest BCUT2D eigenvalue weighted by molar-refractivity contribution is 6.06. The molecule has 0 radical (unpaired) electrons. The molecule has 5 nitrogen and oxygen atoms in total. The zero-order valence-electron chi connectivity index (χ0n) is 11.9. The van der Waals surface area contributed by atoms with E-state index in [2.05, 4.69) is 5.32 Å². The normalized spacial score (nSPS) is 17.9. The Balaban J connectivity index is 2.16. The van der Waals surface area contributed by atoms with E-state index >= 15 is 0 Å². The third kappa shape index (κ3) is 2.71. The molecule has 1 aliphatic rings. The summed E-state index contributed by atoms with van der Waals surface area (Å²) >= 11 is 0. The average molecular weight is 274 g/mol. The lowest BCUT2D eigenvalue weighted by molar-refractivity contribution is -0.155. The number of piperazine rings is 1. The first-order chi connectivity index (χ1) is 9.30. The van der Waals surface area contributed by atoms with E-state index in [0.717, 1.165) is 11.1 Å². The van der Waals surface area contributed by atoms with Crippen LogP contribution in [0, 0.1) is 6.92 Å². The zero-order valence-corrected chi connectivity index (χ0v) is 11.9. The summed E-state index contributed by atoms with van der Waals surface area (Å²) in [6.07, 6.45) is 0.185. The predicted octanol–water partition coefficient (Wildman–Crippen LogP) is 0.801. The van der Waals surface area contributed by atoms with E-state index in [4.69, 9.17) is 0 Å². The highest BCUT2D eigenvalue weighted by Gasteiger charge is 2.43. The molecule has 0 atom stereocenters. The predicted molar refractivity (Wildman–Crippen MR) is 73.8 cm³/mol. The minimum Gasteiger partial charge on any atom is -0.319 e. The number of carbonyl (C=O) groups is 3. The number of amides is 3. The molecule has 0 aromatic heterocycles. The number of benzene rings is 1. The van der Waals surface area contributed by atoms with Crippen LogP contribution in [0.4, 0.5) is 0 Å². The van der Waals surface area contributed by atoms with Crippen molar-refractivity contribution in [1.29, 1.82) is 0 Å². The molecule has 3 amide bonds. The van der Waals surface area contributed by atoms with Gasteiger partial charge in [0.25, 0.3) is 5.91 Å². The van der Waals surface area contributed by atoms with Gasteiger partial charge in [-0.2, -0.15) is 0 Å². The number of imide groups is 1. The van der Waals surface area contributed by atoms with Crippen molar-refractivity contribution < 1.29 is 14.4 Å². The van der Waals surface area contributed by atoms with E-state index in [1.807, 2.05) is 31.2 Å². The minimum atomic E-state index is -1.00. The van der Waals surface area contributed by atoms with Crippen LogP contribution in [0.5, 0.6) is 0 Å². The fourth-order valence-corrected chi connectivity index (χ4v) is 2.16. The SMILES string of the molecule is Cc1ccc(CC(=O)N2CC(=O)NC(=O)C2(C)C)cc1. The third-order valence-corrected chi connectivity index (χ3v) is 3.56. The molecule has 1 aromatic carbocycles. The Morgan fingerprint density at radius 2 is 1.85 bits per heavy atom. The summed E-state index contributed by atoms with van der Waals surface area (Å²) in [5, 5.41) is 2.25. The molecule has 0 bridgehead atoms. The topological polar surface area (TPSA) is 66.5 Å². The average Bonchev–Trinajstić information content (AvgIpc) is 2.37. The van der Waals surface area contributed by atoms with Crippen LogP contribution in [0.25, 0.3) is 0 Å². The van der Waals surface area contributed by atoms with Gasteiger partial charge in [-0.15, -0.1) is 0 Å². The summed E-state index contributed by atoms with van der Waals surface area (Å²) in [7, 11) is 0. The van der Waals surface area contributed by atoms with Gasteiger partial charge in [0.15, 0.2) is 0 Å². The van der Waals surface area contributed by atoms with Crippen LogP contribution in [0.15, 0.2) is 24.3 Å². The van der Waals surface area contributed by atoms with Crippen molar-refractivity contribution in [2.45, 2.75) is 32.7 Å². The summed E-state index contributed by atoms with van der Waals surface area (Å²) in [5.74, 6) is -1.10. The Morgan fingerprint density at radius 1 is 1.25 bits per heavy atom. The smallest absolute Gasteiger partial charge is 0.252 e. The molecular weight excluding hydrogens is 256 g/mol. The molecule has 1 fully saturated rings. The molecule has 20 heavy (non-hydrogen) atoms. The maximum absolute atomic E-state index is 12.4. The monoisotopic (exact) mass is 274 g/mol. The third-order valence-electron chi connectivity index (χ3n) is 3.56. The first kappa shape index (κ1) is 14.2. The van der Waals surface area contributed by atoms with Crippen molar-refractivity contribution in [3.05, 3.63) is 35.4 Å². The Bertz CT molecular complexity index is 561. The van der Waals surface area contributed by atoms with E-state index in [9.17, 15) is 14.4 Å². The summed E-state index contributed by atoms with van der Waals surface area (Å²) in [6.45, 7) is 5.18. The van der Waals surface area contributed by atoms with Gasteiger partial charge in [0.2, 0.25) is 11.8 Å². The Labute approximate surface area is 118 Å². The summed E-state index contributed by atoms with van der Waals surface area (Å²) in [4.78, 5) is 37.0. The Hall–Kier alpha value is -2.17. The quantitative estimate of drug-likeness (QED) is 0.811. The second kappa shape index (κ2) is 5.07. The molecule has 0 saturated carbocycles. The highest BCUT2D eigenvalue weighted by Crippen LogP contribution is 2.19. The van der Waals surface area contributed by atoms with E-state index in [0.29, 0.717) is 0 Å². The largest absolute Gasteiger partial charge is 0.319 e. The van der Waals surface area contributed by atoms with E-state index < -0.39 is 17.4 Å². The van der Waals surface area contributed by atoms with Gasteiger partial charge in [-0.05, 0) is 26.3 Å². The molecule has 106 valence electrons. The van der Waals surface area contributed by atoms with Crippen molar-refractivity contribution in [3.8, 4) is 0 Å². The minimum absolute atomic E-state index is 0.0799. The lowest BCUT2D eigenvalue weighted by Gasteiger charge is -2.40. The van der Waals surface area contributed by atoms with Crippen molar-refractivity contribution in [1.82, 2.24) is 10.2 Å². The van der Waals surface area contributed by atoms with E-state index in [1.165, 1.54) is 4.90 Å². The van der Waals surface area contributed by atoms with Gasteiger partial charge in [-0.1, -0.05) is 29.8 Å². The van der Waals surface area contributed by atoms with Crippen molar-refractivity contribution in [2.24, 2.45) is 0 Å². The lowest BCUT2D eigenvalue weighted by atomic mass is 9.97. The second-order valence-corrected chi connectivity index (χ2v) is 5.58. The number of nitrogens with zero attached hydrogens (tertiary/aromatic N) is 1. The lowest BCUT2D eigenvalue weighted by Crippen LogP contribution is -2.65. The number of hydrogen-bond acceptors (Lipinski definition) is 3. The number of rotatable bonds is 2. The van der Waals surface area contributed by atoms with Gasteiger partial charge in [0.05, 0.1) is 6.42 Å². The van der Waals surface area contributed by atoms with Crippen LogP contribution in [0.2, 0.25) is 0 Å². The molecule has 1 heterocycles. The molecule has 1 N–H and O–H groups in total. The van der Waals surface area contributed by atoms with Crippen LogP contribution in [0.1, 0.15) is 25.0 Å². The first-order valence-corrected chi connectivity index (χ1v) is 6.51. The fourth-order valence-electron chi connectivity index (χ4n) is 2.16. The van der Waals surface area contributed by atoms with Crippen LogP contribution in [-0.4, -0.2) is 34.7 Å². The number of aryl methyl sites for hydroxylation is 1. The van der Waals surface area contributed by atoms with Gasteiger partial charge in [0, 0.05) is 0 Å². The van der Waals surface area contributed by atoms with Crippen LogP contribution >= 0.6 is 0 Å². The Kier molecular flexibility index (Phi) is 3.61. The molecule has 1 aliphatic heterocycles. The highest BCUT2D eigenvalue weighted by atomic mass is 16.2. The number of nitrogens with one attached hydrogen (secondary N) is 1. The molecule has 5 heteroatoms. The molecular formula is C15H18N2O3. The molecule has 0 spiro atoms. The van der Waals surface area contributed by atoms with Crippen LogP contribution in [-0.2, 0) is 20.8 Å². The molecule has 1 aromatic rings. The van der Waals surface area contributed by atoms with Crippen molar-refractivity contribution >= 4 is 17.7 Å². The fraction of sp³-hybridized carbons (Fsp3) is 0.400. The van der Waals surface area contributed by atoms with E-state index in [-0.39, 0.29) is 18.9 Å². The van der Waals surface area contributed by atoms with Crippen molar-refractivity contribution in [2.75, 3.05) is 6.54 Å². The molecule has 1 saturated heterocycles. The van der Waals surface area contributed by atoms with Crippen LogP contribution < -0.4 is 5.32 Å². The molecule has 0 unspecified atom stereocenters. The standard InChI is InChI=1S/C15H18N2O3/c1-10-4-6-11(7-5-10)8-13(19)17-9-12(18)16-14(20)15(17,2)3/h4-7H,8-9H2,1-3H3,(H,16,18,20). The van der Waals surface area contributed by atoms with E-state index in [1.54, 1.807) is 13.8 Å². The second-order valence-electron chi connectivity index (χ2n) is 5.58. The van der Waals surface area contributed by atoms with Gasteiger partial charge in [0.1, 0.15) is 12.1 Å². The molecule has 2 rings (SSSR count). The van der Waals surface area contributed by atoms with Gasteiger partial charge < -0.3 is 4.90 Å². The Morgan fingerprint density at radius 3 is 2.45 bits per heavy atom. The maximum atomic E-state index is 12.4.